The van der Waals surface area contributed by atoms with E-state index < -0.39 is 17.6 Å². The molecule has 1 aromatic carbocycles. The smallest absolute Gasteiger partial charge is 0.278 e. The molecule has 2 aliphatic rings. The number of thioether (sulfide) groups is 1. The highest BCUT2D eigenvalue weighted by Crippen LogP contribution is 2.35. The average molecular weight is 291 g/mol. The van der Waals surface area contributed by atoms with Crippen LogP contribution in [0.4, 0.5) is 0 Å². The van der Waals surface area contributed by atoms with Gasteiger partial charge in [0.15, 0.2) is 11.8 Å². The van der Waals surface area contributed by atoms with Gasteiger partial charge in [-0.05, 0) is 17.6 Å². The molecule has 20 heavy (non-hydrogen) atoms. The zero-order valence-corrected chi connectivity index (χ0v) is 11.6. The van der Waals surface area contributed by atoms with Crippen molar-refractivity contribution in [1.82, 2.24) is 5.06 Å². The van der Waals surface area contributed by atoms with E-state index in [1.807, 2.05) is 0 Å². The maximum Gasteiger partial charge on any atom is 0.278 e. The molecular weight excluding hydrogens is 278 g/mol. The third-order valence-corrected chi connectivity index (χ3v) is 4.50. The number of carbonyl (C=O) groups is 2. The first kappa shape index (κ1) is 13.4. The van der Waals surface area contributed by atoms with Gasteiger partial charge >= 0.3 is 0 Å². The highest BCUT2D eigenvalue weighted by molar-refractivity contribution is 8.02. The molecule has 0 bridgehead atoms. The molecule has 6 heteroatoms. The Kier molecular flexibility index (Phi) is 3.16. The molecule has 1 N–H and O–H groups in total. The Morgan fingerprint density at radius 2 is 2.05 bits per heavy atom. The number of carbonyl (C=O) groups excluding carboxylic acids is 2. The molecular formula is C14H13NO4S. The molecule has 5 nitrogen and oxygen atoms in total. The van der Waals surface area contributed by atoms with Gasteiger partial charge in [0.2, 0.25) is 0 Å². The van der Waals surface area contributed by atoms with Crippen LogP contribution < -0.4 is 0 Å². The lowest BCUT2D eigenvalue weighted by atomic mass is 9.84. The minimum Gasteiger partial charge on any atom is -0.382 e. The van der Waals surface area contributed by atoms with Crippen molar-refractivity contribution in [1.29, 1.82) is 0 Å². The molecule has 0 saturated carbocycles. The summed E-state index contributed by atoms with van der Waals surface area (Å²) in [7, 11) is 1.32. The Labute approximate surface area is 120 Å². The molecule has 0 fully saturated rings. The Hall–Kier alpha value is -1.63. The molecule has 0 aromatic heterocycles. The van der Waals surface area contributed by atoms with Gasteiger partial charge in [0.05, 0.1) is 12.7 Å². The predicted molar refractivity (Wildman–Crippen MR) is 74.3 cm³/mol. The van der Waals surface area contributed by atoms with Gasteiger partial charge in [0.25, 0.3) is 5.91 Å². The summed E-state index contributed by atoms with van der Waals surface area (Å²) >= 11 is 1.40. The zero-order chi connectivity index (χ0) is 14.3. The topological polar surface area (TPSA) is 66.8 Å². The average Bonchev–Trinajstić information content (AvgIpc) is 2.90. The summed E-state index contributed by atoms with van der Waals surface area (Å²) in [5, 5.41) is 13.3. The van der Waals surface area contributed by atoms with Gasteiger partial charge in [-0.3, -0.25) is 14.4 Å². The molecule has 1 amide bonds. The molecule has 2 heterocycles. The number of fused-ring (bicyclic) bond motifs is 1. The molecule has 2 atom stereocenters. The van der Waals surface area contributed by atoms with Crippen LogP contribution in [0.1, 0.15) is 20.7 Å². The van der Waals surface area contributed by atoms with Crippen LogP contribution in [-0.4, -0.2) is 46.4 Å². The second-order valence-corrected chi connectivity index (χ2v) is 5.63. The van der Waals surface area contributed by atoms with Gasteiger partial charge in [-0.15, -0.1) is 11.8 Å². The molecule has 2 unspecified atom stereocenters. The van der Waals surface area contributed by atoms with Gasteiger partial charge in [-0.2, -0.15) is 0 Å². The van der Waals surface area contributed by atoms with E-state index in [0.29, 0.717) is 16.9 Å². The first-order chi connectivity index (χ1) is 9.58. The Morgan fingerprint density at radius 3 is 2.65 bits per heavy atom. The fourth-order valence-corrected chi connectivity index (χ4v) is 3.51. The first-order valence-corrected chi connectivity index (χ1v) is 7.16. The van der Waals surface area contributed by atoms with Gasteiger partial charge in [0.1, 0.15) is 5.60 Å². The van der Waals surface area contributed by atoms with Crippen LogP contribution >= 0.6 is 11.8 Å². The van der Waals surface area contributed by atoms with Gasteiger partial charge in [-0.1, -0.05) is 18.2 Å². The summed E-state index contributed by atoms with van der Waals surface area (Å²) < 4.78 is 0. The Bertz CT molecular complexity index is 615. The fourth-order valence-electron chi connectivity index (χ4n) is 2.56. The van der Waals surface area contributed by atoms with Gasteiger partial charge in [-0.25, -0.2) is 5.06 Å². The summed E-state index contributed by atoms with van der Waals surface area (Å²) in [5.74, 6) is -0.401. The summed E-state index contributed by atoms with van der Waals surface area (Å²) in [6.45, 7) is 0. The maximum atomic E-state index is 12.6. The van der Waals surface area contributed by atoms with Crippen LogP contribution in [-0.2, 0) is 4.84 Å². The van der Waals surface area contributed by atoms with Crippen molar-refractivity contribution in [2.75, 3.05) is 12.9 Å². The Balaban J connectivity index is 2.13. The number of nitrogens with zero attached hydrogens (tertiary/aromatic N) is 1. The minimum absolute atomic E-state index is 0.300. The fraction of sp³-hybridized carbons (Fsp3) is 0.286. The monoisotopic (exact) mass is 291 g/mol. The minimum atomic E-state index is -1.40. The predicted octanol–water partition coefficient (Wildman–Crippen LogP) is 1.25. The van der Waals surface area contributed by atoms with Crippen molar-refractivity contribution in [3.05, 3.63) is 46.9 Å². The second kappa shape index (κ2) is 4.73. The van der Waals surface area contributed by atoms with Crippen molar-refractivity contribution in [2.45, 2.75) is 11.6 Å². The molecule has 0 spiro atoms. The second-order valence-electron chi connectivity index (χ2n) is 4.73. The van der Waals surface area contributed by atoms with E-state index in [4.69, 9.17) is 4.84 Å². The summed E-state index contributed by atoms with van der Waals surface area (Å²) in [5.41, 5.74) is -0.774. The van der Waals surface area contributed by atoms with Gasteiger partial charge in [0, 0.05) is 11.3 Å². The number of hydrogen-bond acceptors (Lipinski definition) is 5. The summed E-state index contributed by atoms with van der Waals surface area (Å²) in [6, 6.07) is 5.53. The van der Waals surface area contributed by atoms with Gasteiger partial charge < -0.3 is 5.11 Å². The molecule has 0 radical (unpaired) electrons. The molecule has 3 rings (SSSR count). The molecule has 104 valence electrons. The number of amides is 1. The lowest BCUT2D eigenvalue weighted by molar-refractivity contribution is -0.147. The SMILES string of the molecule is CON1C(=O)c2ccccc2C(=O)C1C1(O)C=CSC1. The van der Waals surface area contributed by atoms with Crippen molar-refractivity contribution in [2.24, 2.45) is 0 Å². The third kappa shape index (κ3) is 1.80. The van der Waals surface area contributed by atoms with E-state index in [0.717, 1.165) is 5.06 Å². The first-order valence-electron chi connectivity index (χ1n) is 6.11. The lowest BCUT2D eigenvalue weighted by Crippen LogP contribution is -2.60. The highest BCUT2D eigenvalue weighted by Gasteiger charge is 2.51. The summed E-state index contributed by atoms with van der Waals surface area (Å²) in [4.78, 5) is 30.1. The standard InChI is InChI=1S/C14H13NO4S/c1-19-15-12(14(18)6-7-20-8-14)11(16)9-4-2-3-5-10(9)13(15)17/h2-7,12,18H,8H2,1H3. The number of ketones is 1. The maximum absolute atomic E-state index is 12.6. The van der Waals surface area contributed by atoms with Crippen LogP contribution in [0, 0.1) is 0 Å². The van der Waals surface area contributed by atoms with Crippen molar-refractivity contribution >= 4 is 23.5 Å². The Morgan fingerprint density at radius 1 is 1.35 bits per heavy atom. The number of hydroxylamine groups is 2. The zero-order valence-electron chi connectivity index (χ0n) is 10.8. The van der Waals surface area contributed by atoms with Crippen molar-refractivity contribution in [3.63, 3.8) is 0 Å². The highest BCUT2D eigenvalue weighted by atomic mass is 32.2. The van der Waals surface area contributed by atoms with Crippen LogP contribution in [0.3, 0.4) is 0 Å². The number of benzene rings is 1. The lowest BCUT2D eigenvalue weighted by Gasteiger charge is -2.39. The van der Waals surface area contributed by atoms with E-state index in [1.165, 1.54) is 18.9 Å². The van der Waals surface area contributed by atoms with Crippen molar-refractivity contribution in [3.8, 4) is 0 Å². The molecule has 0 saturated heterocycles. The molecule has 1 aromatic rings. The van der Waals surface area contributed by atoms with Crippen molar-refractivity contribution < 1.29 is 19.5 Å². The number of hydrogen-bond donors (Lipinski definition) is 1. The van der Waals surface area contributed by atoms with E-state index >= 15 is 0 Å². The van der Waals surface area contributed by atoms with Crippen LogP contribution in [0.5, 0.6) is 0 Å². The molecule has 2 aliphatic heterocycles. The van der Waals surface area contributed by atoms with Crippen LogP contribution in [0.15, 0.2) is 35.7 Å². The van der Waals surface area contributed by atoms with Crippen LogP contribution in [0.25, 0.3) is 0 Å². The molecule has 0 aliphatic carbocycles. The number of Topliss-reactive ketones (excluding diaryl/α,β-unsaturated/α-hetero) is 1. The number of rotatable bonds is 2. The van der Waals surface area contributed by atoms with E-state index in [-0.39, 0.29) is 5.78 Å². The largest absolute Gasteiger partial charge is 0.382 e. The third-order valence-electron chi connectivity index (χ3n) is 3.54. The summed E-state index contributed by atoms with van der Waals surface area (Å²) in [6.07, 6.45) is 1.55. The van der Waals surface area contributed by atoms with E-state index in [9.17, 15) is 14.7 Å². The van der Waals surface area contributed by atoms with E-state index in [2.05, 4.69) is 0 Å². The van der Waals surface area contributed by atoms with Crippen LogP contribution in [0.2, 0.25) is 0 Å². The normalized spacial score (nSPS) is 28.9. The number of aliphatic hydroxyl groups is 1. The van der Waals surface area contributed by atoms with E-state index in [1.54, 1.807) is 35.7 Å². The quantitative estimate of drug-likeness (QED) is 0.888.